The molecule has 0 saturated carbocycles. The van der Waals surface area contributed by atoms with Gasteiger partial charge in [0.2, 0.25) is 0 Å². The van der Waals surface area contributed by atoms with E-state index in [1.54, 1.807) is 25.1 Å². The van der Waals surface area contributed by atoms with Crippen molar-refractivity contribution in [2.24, 2.45) is 0 Å². The van der Waals surface area contributed by atoms with Crippen molar-refractivity contribution in [3.05, 3.63) is 52.1 Å². The number of ether oxygens (including phenoxy) is 4. The molecule has 2 aromatic carbocycles. The second-order valence-corrected chi connectivity index (χ2v) is 6.21. The van der Waals surface area contributed by atoms with Gasteiger partial charge in [-0.25, -0.2) is 4.79 Å². The highest BCUT2D eigenvalue weighted by Crippen LogP contribution is 2.32. The zero-order valence-electron chi connectivity index (χ0n) is 16.2. The molecule has 158 valence electrons. The van der Waals surface area contributed by atoms with Gasteiger partial charge in [-0.1, -0.05) is 0 Å². The normalized spacial score (nSPS) is 12.4. The Labute approximate surface area is 171 Å². The molecule has 0 aliphatic carbocycles. The Bertz CT molecular complexity index is 960. The lowest BCUT2D eigenvalue weighted by Crippen LogP contribution is -2.21. The second kappa shape index (κ2) is 9.59. The smallest absolute Gasteiger partial charge is 0.338 e. The summed E-state index contributed by atoms with van der Waals surface area (Å²) in [6, 6.07) is 8.65. The van der Waals surface area contributed by atoms with Crippen LogP contribution in [0.25, 0.3) is 0 Å². The summed E-state index contributed by atoms with van der Waals surface area (Å²) in [6.45, 7) is 2.43. The third kappa shape index (κ3) is 5.16. The number of benzene rings is 2. The SMILES string of the molecule is CCOc1ccc(C(=O)OCC(=O)Nc2ccc3c(c2)OCCCO3)cc1[N+](=O)[O-]. The van der Waals surface area contributed by atoms with E-state index in [1.165, 1.54) is 12.1 Å². The summed E-state index contributed by atoms with van der Waals surface area (Å²) in [6.07, 6.45) is 0.760. The highest BCUT2D eigenvalue weighted by atomic mass is 16.6. The monoisotopic (exact) mass is 416 g/mol. The van der Waals surface area contributed by atoms with Crippen LogP contribution < -0.4 is 19.5 Å². The lowest BCUT2D eigenvalue weighted by atomic mass is 10.2. The first-order chi connectivity index (χ1) is 14.5. The zero-order valence-corrected chi connectivity index (χ0v) is 16.2. The summed E-state index contributed by atoms with van der Waals surface area (Å²) in [5.74, 6) is -0.280. The summed E-state index contributed by atoms with van der Waals surface area (Å²) in [5.41, 5.74) is 0.0356. The molecule has 0 spiro atoms. The minimum absolute atomic E-state index is 0.0474. The maximum absolute atomic E-state index is 12.2. The number of nitro groups is 1. The number of carbonyl (C=O) groups is 2. The number of nitro benzene ring substituents is 1. The molecule has 1 aliphatic rings. The fourth-order valence-electron chi connectivity index (χ4n) is 2.72. The number of nitrogens with one attached hydrogen (secondary N) is 1. The van der Waals surface area contributed by atoms with E-state index in [0.29, 0.717) is 30.4 Å². The number of rotatable bonds is 7. The molecule has 2 aromatic rings. The summed E-state index contributed by atoms with van der Waals surface area (Å²) < 4.78 is 21.2. The van der Waals surface area contributed by atoms with Gasteiger partial charge in [0.15, 0.2) is 23.9 Å². The van der Waals surface area contributed by atoms with E-state index in [2.05, 4.69) is 5.32 Å². The van der Waals surface area contributed by atoms with Crippen LogP contribution in [0.1, 0.15) is 23.7 Å². The van der Waals surface area contributed by atoms with Gasteiger partial charge in [0.25, 0.3) is 5.91 Å². The van der Waals surface area contributed by atoms with E-state index in [4.69, 9.17) is 18.9 Å². The maximum Gasteiger partial charge on any atom is 0.338 e. The lowest BCUT2D eigenvalue weighted by molar-refractivity contribution is -0.385. The van der Waals surface area contributed by atoms with Crippen LogP contribution in [0.15, 0.2) is 36.4 Å². The molecule has 0 saturated heterocycles. The number of amides is 1. The third-order valence-corrected chi connectivity index (χ3v) is 4.06. The van der Waals surface area contributed by atoms with Gasteiger partial charge in [-0.05, 0) is 31.2 Å². The molecule has 0 aromatic heterocycles. The molecule has 0 atom stereocenters. The minimum atomic E-state index is -0.866. The van der Waals surface area contributed by atoms with Crippen molar-refractivity contribution in [1.82, 2.24) is 0 Å². The van der Waals surface area contributed by atoms with Gasteiger partial charge in [0, 0.05) is 24.2 Å². The molecule has 30 heavy (non-hydrogen) atoms. The maximum atomic E-state index is 12.2. The van der Waals surface area contributed by atoms with Gasteiger partial charge >= 0.3 is 11.7 Å². The first-order valence-electron chi connectivity index (χ1n) is 9.25. The summed E-state index contributed by atoms with van der Waals surface area (Å²) >= 11 is 0. The van der Waals surface area contributed by atoms with Gasteiger partial charge in [-0.2, -0.15) is 0 Å². The average Bonchev–Trinajstić information content (AvgIpc) is 2.97. The van der Waals surface area contributed by atoms with Crippen LogP contribution >= 0.6 is 0 Å². The molecule has 0 radical (unpaired) electrons. The molecule has 1 heterocycles. The van der Waals surface area contributed by atoms with Crippen LogP contribution in [0.2, 0.25) is 0 Å². The topological polar surface area (TPSA) is 126 Å². The number of nitrogens with zero attached hydrogens (tertiary/aromatic N) is 1. The van der Waals surface area contributed by atoms with Crippen molar-refractivity contribution in [1.29, 1.82) is 0 Å². The Morgan fingerprint density at radius 2 is 1.90 bits per heavy atom. The van der Waals surface area contributed by atoms with Crippen LogP contribution in [0.4, 0.5) is 11.4 Å². The predicted molar refractivity (Wildman–Crippen MR) is 105 cm³/mol. The fourth-order valence-corrected chi connectivity index (χ4v) is 2.72. The Hall–Kier alpha value is -3.82. The molecule has 3 rings (SSSR count). The number of hydrogen-bond acceptors (Lipinski definition) is 8. The average molecular weight is 416 g/mol. The van der Waals surface area contributed by atoms with E-state index in [1.807, 2.05) is 0 Å². The van der Waals surface area contributed by atoms with Gasteiger partial charge < -0.3 is 24.3 Å². The van der Waals surface area contributed by atoms with Gasteiger partial charge in [0.1, 0.15) is 0 Å². The summed E-state index contributed by atoms with van der Waals surface area (Å²) in [5, 5.41) is 13.7. The van der Waals surface area contributed by atoms with Gasteiger partial charge in [-0.3, -0.25) is 14.9 Å². The molecule has 1 amide bonds. The predicted octanol–water partition coefficient (Wildman–Crippen LogP) is 2.95. The van der Waals surface area contributed by atoms with Crippen molar-refractivity contribution in [3.63, 3.8) is 0 Å². The Morgan fingerprint density at radius 3 is 2.63 bits per heavy atom. The van der Waals surface area contributed by atoms with Crippen LogP contribution in [0, 0.1) is 10.1 Å². The van der Waals surface area contributed by atoms with E-state index in [9.17, 15) is 19.7 Å². The first-order valence-corrected chi connectivity index (χ1v) is 9.25. The number of anilines is 1. The number of hydrogen-bond donors (Lipinski definition) is 1. The quantitative estimate of drug-likeness (QED) is 0.415. The number of esters is 1. The molecular formula is C20H20N2O8. The van der Waals surface area contributed by atoms with Crippen molar-refractivity contribution in [3.8, 4) is 17.2 Å². The van der Waals surface area contributed by atoms with Crippen LogP contribution in [-0.2, 0) is 9.53 Å². The standard InChI is InChI=1S/C20H20N2O8/c1-2-27-16-6-4-13(10-15(16)22(25)26)20(24)30-12-19(23)21-14-5-7-17-18(11-14)29-9-3-8-28-17/h4-7,10-11H,2-3,8-9,12H2,1H3,(H,21,23). The van der Waals surface area contributed by atoms with Crippen molar-refractivity contribution >= 4 is 23.3 Å². The van der Waals surface area contributed by atoms with Crippen LogP contribution in [0.5, 0.6) is 17.2 Å². The Balaban J connectivity index is 1.59. The van der Waals surface area contributed by atoms with Crippen LogP contribution in [0.3, 0.4) is 0 Å². The highest BCUT2D eigenvalue weighted by Gasteiger charge is 2.20. The van der Waals surface area contributed by atoms with Gasteiger partial charge in [-0.15, -0.1) is 0 Å². The minimum Gasteiger partial charge on any atom is -0.490 e. The zero-order chi connectivity index (χ0) is 21.5. The molecular weight excluding hydrogens is 396 g/mol. The summed E-state index contributed by atoms with van der Waals surface area (Å²) in [7, 11) is 0. The number of fused-ring (bicyclic) bond motifs is 1. The fraction of sp³-hybridized carbons (Fsp3) is 0.300. The highest BCUT2D eigenvalue weighted by molar-refractivity contribution is 5.96. The molecule has 1 N–H and O–H groups in total. The molecule has 0 unspecified atom stereocenters. The van der Waals surface area contributed by atoms with E-state index in [0.717, 1.165) is 12.5 Å². The Morgan fingerprint density at radius 1 is 1.13 bits per heavy atom. The lowest BCUT2D eigenvalue weighted by Gasteiger charge is -2.11. The largest absolute Gasteiger partial charge is 0.490 e. The number of carbonyl (C=O) groups excluding carboxylic acids is 2. The van der Waals surface area contributed by atoms with E-state index in [-0.39, 0.29) is 23.6 Å². The van der Waals surface area contributed by atoms with Crippen molar-refractivity contribution < 1.29 is 33.5 Å². The summed E-state index contributed by atoms with van der Waals surface area (Å²) in [4.78, 5) is 34.8. The first kappa shape index (κ1) is 20.9. The van der Waals surface area contributed by atoms with Crippen LogP contribution in [-0.4, -0.2) is 43.2 Å². The molecule has 10 heteroatoms. The van der Waals surface area contributed by atoms with Crippen molar-refractivity contribution in [2.75, 3.05) is 31.7 Å². The Kier molecular flexibility index (Phi) is 6.68. The van der Waals surface area contributed by atoms with E-state index >= 15 is 0 Å². The molecule has 0 fully saturated rings. The molecule has 10 nitrogen and oxygen atoms in total. The molecule has 0 bridgehead atoms. The second-order valence-electron chi connectivity index (χ2n) is 6.21. The van der Waals surface area contributed by atoms with E-state index < -0.39 is 23.4 Å². The molecule has 1 aliphatic heterocycles. The third-order valence-electron chi connectivity index (χ3n) is 4.06. The van der Waals surface area contributed by atoms with Gasteiger partial charge in [0.05, 0.1) is 30.3 Å². The van der Waals surface area contributed by atoms with Crippen molar-refractivity contribution in [2.45, 2.75) is 13.3 Å².